The summed E-state index contributed by atoms with van der Waals surface area (Å²) in [6, 6.07) is 1.64. The number of hydrogen-bond donors (Lipinski definition) is 0. The highest BCUT2D eigenvalue weighted by atomic mass is 19.1. The molecule has 0 saturated heterocycles. The SMILES string of the molecule is O=CCCCc1c(F)ccc([N+](=O)[O-])c1F. The average molecular weight is 229 g/mol. The van der Waals surface area contributed by atoms with Crippen LogP contribution in [-0.4, -0.2) is 11.2 Å². The molecule has 0 aliphatic carbocycles. The predicted octanol–water partition coefficient (Wildman–Crippen LogP) is 2.39. The molecule has 1 rings (SSSR count). The molecule has 0 fully saturated rings. The van der Waals surface area contributed by atoms with Crippen LogP contribution in [0.5, 0.6) is 0 Å². The van der Waals surface area contributed by atoms with E-state index in [1.165, 1.54) is 0 Å². The Kier molecular flexibility index (Phi) is 4.04. The quantitative estimate of drug-likeness (QED) is 0.337. The van der Waals surface area contributed by atoms with Crippen molar-refractivity contribution >= 4 is 12.0 Å². The molecule has 0 heterocycles. The van der Waals surface area contributed by atoms with Crippen LogP contribution in [0.25, 0.3) is 0 Å². The number of hydrogen-bond acceptors (Lipinski definition) is 3. The molecule has 0 amide bonds. The molecule has 1 aromatic rings. The van der Waals surface area contributed by atoms with Crippen LogP contribution in [0, 0.1) is 21.7 Å². The molecule has 6 heteroatoms. The molecular weight excluding hydrogens is 220 g/mol. The molecule has 0 aromatic heterocycles. The molecule has 0 aliphatic heterocycles. The summed E-state index contributed by atoms with van der Waals surface area (Å²) in [6.07, 6.45) is 1.03. The molecule has 0 unspecified atom stereocenters. The second-order valence-electron chi connectivity index (χ2n) is 3.18. The number of unbranched alkanes of at least 4 members (excludes halogenated alkanes) is 1. The number of aldehydes is 1. The van der Waals surface area contributed by atoms with Gasteiger partial charge in [-0.05, 0) is 18.9 Å². The molecule has 0 radical (unpaired) electrons. The van der Waals surface area contributed by atoms with Gasteiger partial charge in [-0.3, -0.25) is 10.1 Å². The summed E-state index contributed by atoms with van der Waals surface area (Å²) < 4.78 is 26.6. The van der Waals surface area contributed by atoms with Crippen LogP contribution < -0.4 is 0 Å². The number of nitro groups is 1. The number of carbonyl (C=O) groups is 1. The number of nitro benzene ring substituents is 1. The van der Waals surface area contributed by atoms with E-state index in [4.69, 9.17) is 0 Å². The lowest BCUT2D eigenvalue weighted by Crippen LogP contribution is -2.01. The van der Waals surface area contributed by atoms with Crippen molar-refractivity contribution in [3.05, 3.63) is 39.4 Å². The predicted molar refractivity (Wildman–Crippen MR) is 52.0 cm³/mol. The Labute approximate surface area is 90.0 Å². The highest BCUT2D eigenvalue weighted by Gasteiger charge is 2.20. The van der Waals surface area contributed by atoms with Gasteiger partial charge in [0.05, 0.1) is 4.92 Å². The molecule has 16 heavy (non-hydrogen) atoms. The minimum atomic E-state index is -1.16. The fraction of sp³-hybridized carbons (Fsp3) is 0.300. The third-order valence-electron chi connectivity index (χ3n) is 2.11. The average Bonchev–Trinajstić information content (AvgIpc) is 2.22. The molecule has 86 valence electrons. The van der Waals surface area contributed by atoms with Gasteiger partial charge in [0, 0.05) is 18.1 Å². The fourth-order valence-corrected chi connectivity index (χ4v) is 1.32. The molecule has 0 spiro atoms. The highest BCUT2D eigenvalue weighted by Crippen LogP contribution is 2.24. The van der Waals surface area contributed by atoms with E-state index in [9.17, 15) is 23.7 Å². The van der Waals surface area contributed by atoms with Crippen molar-refractivity contribution < 1.29 is 18.5 Å². The van der Waals surface area contributed by atoms with Gasteiger partial charge in [-0.25, -0.2) is 4.39 Å². The van der Waals surface area contributed by atoms with Crippen LogP contribution in [0.4, 0.5) is 14.5 Å². The minimum absolute atomic E-state index is 0.0297. The fourth-order valence-electron chi connectivity index (χ4n) is 1.32. The van der Waals surface area contributed by atoms with Crippen molar-refractivity contribution in [3.8, 4) is 0 Å². The highest BCUT2D eigenvalue weighted by molar-refractivity contribution is 5.49. The standard InChI is InChI=1S/C10H9F2NO3/c11-8-4-5-9(13(15)16)10(12)7(8)3-1-2-6-14/h4-6H,1-3H2. The second-order valence-corrected chi connectivity index (χ2v) is 3.18. The van der Waals surface area contributed by atoms with E-state index in [0.29, 0.717) is 6.29 Å². The summed E-state index contributed by atoms with van der Waals surface area (Å²) in [7, 11) is 0. The monoisotopic (exact) mass is 229 g/mol. The van der Waals surface area contributed by atoms with Crippen LogP contribution in [0.3, 0.4) is 0 Å². The number of carbonyl (C=O) groups excluding carboxylic acids is 1. The molecular formula is C10H9F2NO3. The van der Waals surface area contributed by atoms with Crippen molar-refractivity contribution in [3.63, 3.8) is 0 Å². The van der Waals surface area contributed by atoms with E-state index in [1.54, 1.807) is 0 Å². The number of rotatable bonds is 5. The summed E-state index contributed by atoms with van der Waals surface area (Å²) in [6.45, 7) is 0. The summed E-state index contributed by atoms with van der Waals surface area (Å²) in [5.41, 5.74) is -1.08. The first kappa shape index (κ1) is 12.2. The first-order valence-corrected chi connectivity index (χ1v) is 4.62. The Morgan fingerprint density at radius 3 is 2.62 bits per heavy atom. The van der Waals surface area contributed by atoms with E-state index >= 15 is 0 Å². The van der Waals surface area contributed by atoms with Gasteiger partial charge in [-0.2, -0.15) is 4.39 Å². The van der Waals surface area contributed by atoms with Gasteiger partial charge < -0.3 is 4.79 Å². The topological polar surface area (TPSA) is 60.2 Å². The number of halogens is 2. The Morgan fingerprint density at radius 1 is 1.38 bits per heavy atom. The maximum absolute atomic E-state index is 13.4. The van der Waals surface area contributed by atoms with Crippen molar-refractivity contribution in [2.75, 3.05) is 0 Å². The number of nitrogens with zero attached hydrogens (tertiary/aromatic N) is 1. The van der Waals surface area contributed by atoms with E-state index in [1.807, 2.05) is 0 Å². The van der Waals surface area contributed by atoms with Gasteiger partial charge in [0.15, 0.2) is 0 Å². The van der Waals surface area contributed by atoms with Crippen LogP contribution in [0.2, 0.25) is 0 Å². The van der Waals surface area contributed by atoms with Gasteiger partial charge in [0.1, 0.15) is 12.1 Å². The lowest BCUT2D eigenvalue weighted by atomic mass is 10.1. The summed E-state index contributed by atoms with van der Waals surface area (Å²) in [5, 5.41) is 10.4. The maximum atomic E-state index is 13.4. The van der Waals surface area contributed by atoms with Crippen molar-refractivity contribution in [1.82, 2.24) is 0 Å². The molecule has 0 aliphatic rings. The largest absolute Gasteiger partial charge is 0.305 e. The number of benzene rings is 1. The lowest BCUT2D eigenvalue weighted by molar-refractivity contribution is -0.387. The third-order valence-corrected chi connectivity index (χ3v) is 2.11. The molecule has 0 atom stereocenters. The molecule has 0 bridgehead atoms. The van der Waals surface area contributed by atoms with Crippen molar-refractivity contribution in [1.29, 1.82) is 0 Å². The Balaban J connectivity index is 3.01. The summed E-state index contributed by atoms with van der Waals surface area (Å²) in [4.78, 5) is 19.5. The maximum Gasteiger partial charge on any atom is 0.305 e. The zero-order chi connectivity index (χ0) is 12.1. The second kappa shape index (κ2) is 5.29. The van der Waals surface area contributed by atoms with E-state index in [0.717, 1.165) is 12.1 Å². The van der Waals surface area contributed by atoms with E-state index < -0.39 is 22.2 Å². The summed E-state index contributed by atoms with van der Waals surface area (Å²) >= 11 is 0. The third kappa shape index (κ3) is 2.59. The first-order valence-electron chi connectivity index (χ1n) is 4.62. The molecule has 0 saturated carbocycles. The minimum Gasteiger partial charge on any atom is -0.303 e. The normalized spacial score (nSPS) is 10.1. The smallest absolute Gasteiger partial charge is 0.303 e. The van der Waals surface area contributed by atoms with Crippen molar-refractivity contribution in [2.24, 2.45) is 0 Å². The Morgan fingerprint density at radius 2 is 2.06 bits per heavy atom. The van der Waals surface area contributed by atoms with Crippen LogP contribution >= 0.6 is 0 Å². The lowest BCUT2D eigenvalue weighted by Gasteiger charge is -2.03. The Bertz CT molecular complexity index is 421. The van der Waals surface area contributed by atoms with E-state index in [-0.39, 0.29) is 24.8 Å². The molecule has 1 aromatic carbocycles. The van der Waals surface area contributed by atoms with Crippen molar-refractivity contribution in [2.45, 2.75) is 19.3 Å². The molecule has 0 N–H and O–H groups in total. The van der Waals surface area contributed by atoms with Crippen LogP contribution in [0.15, 0.2) is 12.1 Å². The summed E-state index contributed by atoms with van der Waals surface area (Å²) in [5.74, 6) is -1.98. The van der Waals surface area contributed by atoms with Crippen LogP contribution in [-0.2, 0) is 11.2 Å². The van der Waals surface area contributed by atoms with Gasteiger partial charge in [0.25, 0.3) is 0 Å². The molecule has 4 nitrogen and oxygen atoms in total. The Hall–Kier alpha value is -1.85. The van der Waals surface area contributed by atoms with E-state index in [2.05, 4.69) is 0 Å². The van der Waals surface area contributed by atoms with Gasteiger partial charge in [0.2, 0.25) is 5.82 Å². The van der Waals surface area contributed by atoms with Gasteiger partial charge >= 0.3 is 5.69 Å². The zero-order valence-electron chi connectivity index (χ0n) is 8.28. The van der Waals surface area contributed by atoms with Gasteiger partial charge in [-0.15, -0.1) is 0 Å². The zero-order valence-corrected chi connectivity index (χ0v) is 8.28. The van der Waals surface area contributed by atoms with Crippen LogP contribution in [0.1, 0.15) is 18.4 Å². The van der Waals surface area contributed by atoms with Gasteiger partial charge in [-0.1, -0.05) is 0 Å². The first-order chi connectivity index (χ1) is 7.57.